The predicted octanol–water partition coefficient (Wildman–Crippen LogP) is 4.31. The predicted molar refractivity (Wildman–Crippen MR) is 80.2 cm³/mol. The van der Waals surface area contributed by atoms with E-state index in [1.165, 1.54) is 0 Å². The maximum Gasteiger partial charge on any atom is 0.361 e. The molecule has 0 saturated carbocycles. The van der Waals surface area contributed by atoms with Crippen molar-refractivity contribution in [3.05, 3.63) is 29.8 Å². The highest BCUT2D eigenvalue weighted by Crippen LogP contribution is 2.48. The van der Waals surface area contributed by atoms with E-state index in [1.807, 2.05) is 38.1 Å². The average Bonchev–Trinajstić information content (AvgIpc) is 2.44. The van der Waals surface area contributed by atoms with Crippen LogP contribution in [0.4, 0.5) is 0 Å². The SMILES string of the molecule is CCCOP(=O)(OCCC)c1ccccc1CCC. The molecule has 0 aliphatic heterocycles. The van der Waals surface area contributed by atoms with Gasteiger partial charge in [0.2, 0.25) is 0 Å². The van der Waals surface area contributed by atoms with E-state index in [-0.39, 0.29) is 0 Å². The second-order valence-electron chi connectivity index (χ2n) is 4.54. The van der Waals surface area contributed by atoms with Crippen LogP contribution >= 0.6 is 7.60 Å². The van der Waals surface area contributed by atoms with E-state index in [1.54, 1.807) is 0 Å². The smallest absolute Gasteiger partial charge is 0.305 e. The van der Waals surface area contributed by atoms with Crippen LogP contribution in [0.1, 0.15) is 45.6 Å². The molecule has 0 aliphatic carbocycles. The van der Waals surface area contributed by atoms with Crippen molar-refractivity contribution in [1.29, 1.82) is 0 Å². The average molecular weight is 284 g/mol. The molecule has 0 bridgehead atoms. The molecule has 0 aliphatic rings. The highest BCUT2D eigenvalue weighted by molar-refractivity contribution is 7.62. The van der Waals surface area contributed by atoms with Crippen molar-refractivity contribution < 1.29 is 13.6 Å². The number of hydrogen-bond acceptors (Lipinski definition) is 3. The van der Waals surface area contributed by atoms with Gasteiger partial charge < -0.3 is 9.05 Å². The quantitative estimate of drug-likeness (QED) is 0.634. The summed E-state index contributed by atoms with van der Waals surface area (Å²) in [5, 5.41) is 0.735. The van der Waals surface area contributed by atoms with Crippen LogP contribution in [0.3, 0.4) is 0 Å². The molecule has 0 radical (unpaired) electrons. The third-order valence-corrected chi connectivity index (χ3v) is 4.81. The molecule has 0 saturated heterocycles. The van der Waals surface area contributed by atoms with Crippen LogP contribution in [0.15, 0.2) is 24.3 Å². The monoisotopic (exact) mass is 284 g/mol. The summed E-state index contributed by atoms with van der Waals surface area (Å²) in [4.78, 5) is 0. The Morgan fingerprint density at radius 1 is 0.947 bits per heavy atom. The summed E-state index contributed by atoms with van der Waals surface area (Å²) in [6.07, 6.45) is 3.56. The van der Waals surface area contributed by atoms with Crippen LogP contribution in [0.2, 0.25) is 0 Å². The lowest BCUT2D eigenvalue weighted by molar-refractivity contribution is 0.213. The second-order valence-corrected chi connectivity index (χ2v) is 6.54. The van der Waals surface area contributed by atoms with E-state index >= 15 is 0 Å². The fraction of sp³-hybridized carbons (Fsp3) is 0.600. The molecule has 1 aromatic carbocycles. The lowest BCUT2D eigenvalue weighted by Gasteiger charge is -2.20. The van der Waals surface area contributed by atoms with Crippen molar-refractivity contribution in [3.63, 3.8) is 0 Å². The van der Waals surface area contributed by atoms with Crippen molar-refractivity contribution in [2.75, 3.05) is 13.2 Å². The van der Waals surface area contributed by atoms with Crippen LogP contribution in [-0.4, -0.2) is 13.2 Å². The van der Waals surface area contributed by atoms with Gasteiger partial charge in [0.1, 0.15) is 0 Å². The van der Waals surface area contributed by atoms with Crippen molar-refractivity contribution in [2.24, 2.45) is 0 Å². The first kappa shape index (κ1) is 16.4. The summed E-state index contributed by atoms with van der Waals surface area (Å²) in [5.41, 5.74) is 1.07. The topological polar surface area (TPSA) is 35.5 Å². The lowest BCUT2D eigenvalue weighted by Crippen LogP contribution is -2.16. The molecule has 19 heavy (non-hydrogen) atoms. The minimum Gasteiger partial charge on any atom is -0.305 e. The van der Waals surface area contributed by atoms with E-state index in [9.17, 15) is 4.57 Å². The molecular formula is C15H25O3P. The zero-order valence-corrected chi connectivity index (χ0v) is 13.1. The summed E-state index contributed by atoms with van der Waals surface area (Å²) in [7, 11) is -3.17. The maximum atomic E-state index is 13.0. The van der Waals surface area contributed by atoms with Gasteiger partial charge in [-0.2, -0.15) is 0 Å². The molecule has 1 rings (SSSR count). The largest absolute Gasteiger partial charge is 0.361 e. The number of hydrogen-bond donors (Lipinski definition) is 0. The fourth-order valence-corrected chi connectivity index (χ4v) is 3.86. The molecule has 1 aromatic rings. The van der Waals surface area contributed by atoms with Gasteiger partial charge in [-0.15, -0.1) is 0 Å². The van der Waals surface area contributed by atoms with Crippen LogP contribution < -0.4 is 5.30 Å². The summed E-state index contributed by atoms with van der Waals surface area (Å²) in [6.45, 7) is 7.04. The minimum absolute atomic E-state index is 0.460. The van der Waals surface area contributed by atoms with E-state index in [2.05, 4.69) is 6.92 Å². The zero-order chi connectivity index (χ0) is 14.1. The van der Waals surface area contributed by atoms with Gasteiger partial charge in [-0.3, -0.25) is 4.57 Å². The zero-order valence-electron chi connectivity index (χ0n) is 12.2. The Morgan fingerprint density at radius 2 is 1.53 bits per heavy atom. The van der Waals surface area contributed by atoms with Crippen LogP contribution in [0.5, 0.6) is 0 Å². The van der Waals surface area contributed by atoms with Gasteiger partial charge in [-0.05, 0) is 30.9 Å². The first-order valence-corrected chi connectivity index (χ1v) is 8.69. The molecule has 4 heteroatoms. The summed E-state index contributed by atoms with van der Waals surface area (Å²) >= 11 is 0. The number of rotatable bonds is 9. The molecule has 0 spiro atoms. The second kappa shape index (κ2) is 8.52. The van der Waals surface area contributed by atoms with E-state index in [0.29, 0.717) is 13.2 Å². The highest BCUT2D eigenvalue weighted by Gasteiger charge is 2.29. The lowest BCUT2D eigenvalue weighted by atomic mass is 10.1. The minimum atomic E-state index is -3.17. The van der Waals surface area contributed by atoms with E-state index in [0.717, 1.165) is 36.6 Å². The van der Waals surface area contributed by atoms with Gasteiger partial charge >= 0.3 is 7.60 Å². The Kier molecular flexibility index (Phi) is 7.37. The number of aryl methyl sites for hydroxylation is 1. The Morgan fingerprint density at radius 3 is 2.05 bits per heavy atom. The molecule has 3 nitrogen and oxygen atoms in total. The standard InChI is InChI=1S/C15H25O3P/c1-4-9-14-10-7-8-11-15(14)19(16,17-12-5-2)18-13-6-3/h7-8,10-11H,4-6,9,12-13H2,1-3H3. The molecular weight excluding hydrogens is 259 g/mol. The first-order chi connectivity index (χ1) is 9.18. The summed E-state index contributed by atoms with van der Waals surface area (Å²) in [6, 6.07) is 7.75. The number of benzene rings is 1. The van der Waals surface area contributed by atoms with Crippen molar-refractivity contribution in [3.8, 4) is 0 Å². The van der Waals surface area contributed by atoms with Crippen LogP contribution in [0.25, 0.3) is 0 Å². The van der Waals surface area contributed by atoms with E-state index < -0.39 is 7.60 Å². The Bertz CT molecular complexity index is 406. The van der Waals surface area contributed by atoms with Gasteiger partial charge in [0.05, 0.1) is 18.5 Å². The molecule has 0 heterocycles. The van der Waals surface area contributed by atoms with Gasteiger partial charge in [0.15, 0.2) is 0 Å². The molecule has 0 amide bonds. The van der Waals surface area contributed by atoms with Crippen molar-refractivity contribution in [1.82, 2.24) is 0 Å². The van der Waals surface area contributed by atoms with Gasteiger partial charge in [-0.25, -0.2) is 0 Å². The third kappa shape index (κ3) is 4.76. The Hall–Kier alpha value is -0.630. The molecule has 0 fully saturated rings. The highest BCUT2D eigenvalue weighted by atomic mass is 31.2. The van der Waals surface area contributed by atoms with Crippen LogP contribution in [-0.2, 0) is 20.0 Å². The molecule has 0 N–H and O–H groups in total. The van der Waals surface area contributed by atoms with Gasteiger partial charge in [0.25, 0.3) is 0 Å². The van der Waals surface area contributed by atoms with Crippen LogP contribution in [0, 0.1) is 0 Å². The fourth-order valence-electron chi connectivity index (χ4n) is 1.86. The normalized spacial score (nSPS) is 11.7. The van der Waals surface area contributed by atoms with Gasteiger partial charge in [-0.1, -0.05) is 45.4 Å². The first-order valence-electron chi connectivity index (χ1n) is 7.15. The summed E-state index contributed by atoms with van der Waals surface area (Å²) < 4.78 is 24.2. The Balaban J connectivity index is 3.05. The van der Waals surface area contributed by atoms with Crippen molar-refractivity contribution >= 4 is 12.9 Å². The molecule has 0 atom stereocenters. The summed E-state index contributed by atoms with van der Waals surface area (Å²) in [5.74, 6) is 0. The third-order valence-electron chi connectivity index (χ3n) is 2.74. The van der Waals surface area contributed by atoms with Crippen molar-refractivity contribution in [2.45, 2.75) is 46.5 Å². The molecule has 108 valence electrons. The molecule has 0 unspecified atom stereocenters. The van der Waals surface area contributed by atoms with E-state index in [4.69, 9.17) is 9.05 Å². The maximum absolute atomic E-state index is 13.0. The Labute approximate surface area is 116 Å². The van der Waals surface area contributed by atoms with Gasteiger partial charge in [0, 0.05) is 0 Å². The molecule has 0 aromatic heterocycles.